The van der Waals surface area contributed by atoms with Crippen molar-refractivity contribution in [2.45, 2.75) is 51.6 Å². The standard InChI is InChI=1S/C24H29N3O4S/c1-5-27-8-6-7-15-9-18-21(11-20(15)27)31-22-13-24(4)17(10-19(22)25-18)16(14-32(28,29)30)12-23(2,3)26-24/h9-13,26H,5-8,14H2,1-4H3,(H,28,29,30). The van der Waals surface area contributed by atoms with Crippen molar-refractivity contribution in [1.29, 1.82) is 0 Å². The molecule has 5 rings (SSSR count). The lowest BCUT2D eigenvalue weighted by Gasteiger charge is -2.45. The molecule has 0 saturated heterocycles. The second-order valence-corrected chi connectivity index (χ2v) is 11.2. The highest BCUT2D eigenvalue weighted by molar-refractivity contribution is 7.86. The molecule has 1 atom stereocenters. The van der Waals surface area contributed by atoms with Crippen LogP contribution in [0, 0.1) is 0 Å². The summed E-state index contributed by atoms with van der Waals surface area (Å²) in [6, 6.07) is 4.21. The fourth-order valence-corrected chi connectivity index (χ4v) is 6.06. The summed E-state index contributed by atoms with van der Waals surface area (Å²) in [6.45, 7) is 10.1. The maximum absolute atomic E-state index is 11.7. The number of hydrogen-bond donors (Lipinski definition) is 2. The average Bonchev–Trinajstić information content (AvgIpc) is 2.66. The van der Waals surface area contributed by atoms with Gasteiger partial charge in [0.2, 0.25) is 0 Å². The van der Waals surface area contributed by atoms with Crippen molar-refractivity contribution >= 4 is 27.2 Å². The number of aliphatic imine (C=N–C) groups is 1. The minimum atomic E-state index is -4.18. The molecular weight excluding hydrogens is 426 g/mol. The van der Waals surface area contributed by atoms with Gasteiger partial charge in [-0.15, -0.1) is 0 Å². The Morgan fingerprint density at radius 1 is 1.25 bits per heavy atom. The average molecular weight is 456 g/mol. The number of allylic oxidation sites excluding steroid dienone is 1. The van der Waals surface area contributed by atoms with Gasteiger partial charge in [-0.1, -0.05) is 6.08 Å². The predicted molar refractivity (Wildman–Crippen MR) is 127 cm³/mol. The van der Waals surface area contributed by atoms with E-state index >= 15 is 0 Å². The third kappa shape index (κ3) is 3.70. The Morgan fingerprint density at radius 2 is 2.03 bits per heavy atom. The summed E-state index contributed by atoms with van der Waals surface area (Å²) in [5.41, 5.74) is 4.17. The molecule has 32 heavy (non-hydrogen) atoms. The van der Waals surface area contributed by atoms with Crippen LogP contribution >= 0.6 is 0 Å². The second kappa shape index (κ2) is 7.04. The second-order valence-electron chi connectivity index (χ2n) is 9.74. The van der Waals surface area contributed by atoms with Gasteiger partial charge in [-0.2, -0.15) is 8.42 Å². The normalized spacial score (nSPS) is 25.7. The lowest BCUT2D eigenvalue weighted by atomic mass is 9.75. The lowest BCUT2D eigenvalue weighted by Crippen LogP contribution is -2.58. The first-order chi connectivity index (χ1) is 15.0. The van der Waals surface area contributed by atoms with Gasteiger partial charge in [0.25, 0.3) is 10.1 Å². The van der Waals surface area contributed by atoms with Crippen LogP contribution in [-0.4, -0.2) is 48.6 Å². The highest BCUT2D eigenvalue weighted by Crippen LogP contribution is 2.45. The monoisotopic (exact) mass is 455 g/mol. The summed E-state index contributed by atoms with van der Waals surface area (Å²) in [7, 11) is -4.18. The summed E-state index contributed by atoms with van der Waals surface area (Å²) in [5, 5.41) is 3.57. The van der Waals surface area contributed by atoms with E-state index in [-0.39, 0.29) is 0 Å². The van der Waals surface area contributed by atoms with Crippen LogP contribution in [-0.2, 0) is 16.5 Å². The maximum Gasteiger partial charge on any atom is 0.269 e. The molecule has 1 unspecified atom stereocenters. The van der Waals surface area contributed by atoms with Crippen molar-refractivity contribution in [2.24, 2.45) is 4.99 Å². The predicted octanol–water partition coefficient (Wildman–Crippen LogP) is 3.70. The van der Waals surface area contributed by atoms with Gasteiger partial charge < -0.3 is 9.64 Å². The molecular formula is C24H29N3O4S. The molecule has 1 aromatic carbocycles. The molecule has 0 aromatic heterocycles. The number of nitrogens with zero attached hydrogens (tertiary/aromatic N) is 2. The zero-order valence-electron chi connectivity index (χ0n) is 18.9. The van der Waals surface area contributed by atoms with Crippen molar-refractivity contribution in [1.82, 2.24) is 5.32 Å². The number of ether oxygens (including phenoxy) is 1. The van der Waals surface area contributed by atoms with Crippen LogP contribution in [0.25, 0.3) is 0 Å². The molecule has 0 bridgehead atoms. The minimum absolute atomic E-state index is 0.437. The highest BCUT2D eigenvalue weighted by Gasteiger charge is 2.43. The molecule has 8 heteroatoms. The van der Waals surface area contributed by atoms with E-state index in [9.17, 15) is 13.0 Å². The molecule has 2 N–H and O–H groups in total. The van der Waals surface area contributed by atoms with E-state index < -0.39 is 26.9 Å². The van der Waals surface area contributed by atoms with E-state index in [1.54, 1.807) is 0 Å². The number of anilines is 1. The van der Waals surface area contributed by atoms with Crippen LogP contribution in [0.5, 0.6) is 5.75 Å². The van der Waals surface area contributed by atoms with Crippen molar-refractivity contribution in [2.75, 3.05) is 23.7 Å². The van der Waals surface area contributed by atoms with Crippen LogP contribution in [0.4, 0.5) is 11.4 Å². The molecule has 0 amide bonds. The van der Waals surface area contributed by atoms with E-state index in [2.05, 4.69) is 29.3 Å². The van der Waals surface area contributed by atoms with Crippen LogP contribution < -0.4 is 15.0 Å². The van der Waals surface area contributed by atoms with Crippen LogP contribution in [0.2, 0.25) is 0 Å². The minimum Gasteiger partial charge on any atom is -0.453 e. The Balaban J connectivity index is 1.62. The number of benzene rings is 1. The molecule has 7 nitrogen and oxygen atoms in total. The van der Waals surface area contributed by atoms with Crippen LogP contribution in [0.3, 0.4) is 0 Å². The number of hydrogen-bond acceptors (Lipinski definition) is 6. The highest BCUT2D eigenvalue weighted by atomic mass is 32.2. The molecule has 0 fully saturated rings. The van der Waals surface area contributed by atoms with Gasteiger partial charge in [-0.05, 0) is 75.5 Å². The Bertz CT molecular complexity index is 1240. The molecule has 0 saturated carbocycles. The molecule has 3 heterocycles. The zero-order valence-corrected chi connectivity index (χ0v) is 19.7. The number of fused-ring (bicyclic) bond motifs is 4. The number of rotatable bonds is 3. The Morgan fingerprint density at radius 3 is 2.75 bits per heavy atom. The third-order valence-electron chi connectivity index (χ3n) is 6.53. The lowest BCUT2D eigenvalue weighted by molar-refractivity contribution is 0.348. The van der Waals surface area contributed by atoms with Gasteiger partial charge in [-0.3, -0.25) is 9.87 Å². The molecule has 1 aromatic rings. The SMILES string of the molecule is CCN1CCCc2cc3c(cc21)OC1=CC2(C)NC(C)(C)C=C(CS(=O)(=O)O)C2=CC1=N3. The van der Waals surface area contributed by atoms with E-state index in [4.69, 9.17) is 9.73 Å². The van der Waals surface area contributed by atoms with E-state index in [0.717, 1.165) is 42.9 Å². The van der Waals surface area contributed by atoms with Gasteiger partial charge in [0.15, 0.2) is 11.5 Å². The topological polar surface area (TPSA) is 91.2 Å². The zero-order chi connectivity index (χ0) is 22.9. The number of nitrogens with one attached hydrogen (secondary N) is 1. The summed E-state index contributed by atoms with van der Waals surface area (Å²) in [4.78, 5) is 7.25. The van der Waals surface area contributed by atoms with Crippen molar-refractivity contribution < 1.29 is 17.7 Å². The Kier molecular flexibility index (Phi) is 4.71. The van der Waals surface area contributed by atoms with E-state index in [1.165, 1.54) is 11.3 Å². The first-order valence-electron chi connectivity index (χ1n) is 11.1. The quantitative estimate of drug-likeness (QED) is 0.676. The molecule has 3 aliphatic heterocycles. The molecule has 1 aliphatic carbocycles. The van der Waals surface area contributed by atoms with Gasteiger partial charge in [0.05, 0.1) is 5.54 Å². The third-order valence-corrected chi connectivity index (χ3v) is 7.21. The first-order valence-corrected chi connectivity index (χ1v) is 12.7. The molecule has 170 valence electrons. The van der Waals surface area contributed by atoms with Crippen molar-refractivity contribution in [3.8, 4) is 5.75 Å². The van der Waals surface area contributed by atoms with Gasteiger partial charge >= 0.3 is 0 Å². The number of aryl methyl sites for hydroxylation is 1. The molecule has 0 spiro atoms. The van der Waals surface area contributed by atoms with Gasteiger partial charge in [0, 0.05) is 30.4 Å². The van der Waals surface area contributed by atoms with Crippen molar-refractivity contribution in [3.05, 3.63) is 52.8 Å². The van der Waals surface area contributed by atoms with Gasteiger partial charge in [0.1, 0.15) is 17.2 Å². The van der Waals surface area contributed by atoms with Gasteiger partial charge in [-0.25, -0.2) is 4.99 Å². The van der Waals surface area contributed by atoms with E-state index in [0.29, 0.717) is 17.0 Å². The largest absolute Gasteiger partial charge is 0.453 e. The molecule has 0 radical (unpaired) electrons. The summed E-state index contributed by atoms with van der Waals surface area (Å²) in [5.74, 6) is 0.954. The maximum atomic E-state index is 11.7. The summed E-state index contributed by atoms with van der Waals surface area (Å²) >= 11 is 0. The first kappa shape index (κ1) is 21.4. The fourth-order valence-electron chi connectivity index (χ4n) is 5.43. The molecule has 4 aliphatic rings. The van der Waals surface area contributed by atoms with E-state index in [1.807, 2.05) is 39.0 Å². The smallest absolute Gasteiger partial charge is 0.269 e. The van der Waals surface area contributed by atoms with Crippen molar-refractivity contribution in [3.63, 3.8) is 0 Å². The fraction of sp³-hybridized carbons (Fsp3) is 0.458. The Labute approximate surface area is 189 Å². The summed E-state index contributed by atoms with van der Waals surface area (Å²) in [6.07, 6.45) is 7.86. The Hall–Kier alpha value is -2.42. The van der Waals surface area contributed by atoms with Crippen LogP contribution in [0.15, 0.2) is 52.3 Å². The summed E-state index contributed by atoms with van der Waals surface area (Å²) < 4.78 is 39.3. The van der Waals surface area contributed by atoms with Crippen LogP contribution in [0.1, 0.15) is 39.7 Å².